The van der Waals surface area contributed by atoms with E-state index in [1.807, 2.05) is 18.2 Å². The molecule has 1 aliphatic rings. The first-order valence-electron chi connectivity index (χ1n) is 6.45. The normalized spacial score (nSPS) is 14.5. The zero-order valence-corrected chi connectivity index (χ0v) is 10.6. The molecule has 3 rings (SSSR count). The van der Waals surface area contributed by atoms with Crippen molar-refractivity contribution in [2.45, 2.75) is 19.3 Å². The number of amidine groups is 1. The summed E-state index contributed by atoms with van der Waals surface area (Å²) in [6.45, 7) is 0. The van der Waals surface area contributed by atoms with Crippen LogP contribution in [-0.4, -0.2) is 5.84 Å². The van der Waals surface area contributed by atoms with Crippen molar-refractivity contribution in [3.63, 3.8) is 0 Å². The largest absolute Gasteiger partial charge is 0.381 e. The van der Waals surface area contributed by atoms with Crippen molar-refractivity contribution in [2.24, 2.45) is 10.9 Å². The molecule has 96 valence electrons. The van der Waals surface area contributed by atoms with E-state index in [2.05, 4.69) is 23.4 Å². The Bertz CT molecular complexity index is 647. The zero-order valence-electron chi connectivity index (χ0n) is 10.6. The summed E-state index contributed by atoms with van der Waals surface area (Å²) < 4.78 is 12.5. The van der Waals surface area contributed by atoms with E-state index in [0.29, 0.717) is 5.56 Å². The van der Waals surface area contributed by atoms with Gasteiger partial charge in [0, 0.05) is 5.56 Å². The Kier molecular flexibility index (Phi) is 3.03. The molecule has 1 aliphatic carbocycles. The SMILES string of the molecule is N/C(=N\F)c1ccccc1-c1ccc2c(c1)CCC2. The first-order valence-corrected chi connectivity index (χ1v) is 6.45. The minimum atomic E-state index is -0.0731. The fraction of sp³-hybridized carbons (Fsp3) is 0.188. The Hall–Kier alpha value is -2.16. The molecule has 2 aromatic carbocycles. The molecule has 0 bridgehead atoms. The van der Waals surface area contributed by atoms with Crippen molar-refractivity contribution in [3.8, 4) is 11.1 Å². The number of nitrogens with zero attached hydrogens (tertiary/aromatic N) is 1. The summed E-state index contributed by atoms with van der Waals surface area (Å²) in [6, 6.07) is 13.9. The summed E-state index contributed by atoms with van der Waals surface area (Å²) in [4.78, 5) is 0. The second-order valence-corrected chi connectivity index (χ2v) is 4.85. The van der Waals surface area contributed by atoms with Gasteiger partial charge in [0.2, 0.25) is 0 Å². The lowest BCUT2D eigenvalue weighted by Crippen LogP contribution is -2.13. The third-order valence-corrected chi connectivity index (χ3v) is 3.70. The van der Waals surface area contributed by atoms with Crippen LogP contribution in [-0.2, 0) is 12.8 Å². The molecule has 0 saturated carbocycles. The van der Waals surface area contributed by atoms with E-state index in [1.54, 1.807) is 6.07 Å². The van der Waals surface area contributed by atoms with Crippen molar-refractivity contribution in [1.29, 1.82) is 0 Å². The summed E-state index contributed by atoms with van der Waals surface area (Å²) in [6.07, 6.45) is 3.50. The average Bonchev–Trinajstić information content (AvgIpc) is 2.93. The molecule has 0 heterocycles. The van der Waals surface area contributed by atoms with Crippen LogP contribution in [0.2, 0.25) is 0 Å². The number of rotatable bonds is 2. The van der Waals surface area contributed by atoms with E-state index >= 15 is 0 Å². The molecule has 2 nitrogen and oxygen atoms in total. The third-order valence-electron chi connectivity index (χ3n) is 3.70. The lowest BCUT2D eigenvalue weighted by molar-refractivity contribution is 0.536. The summed E-state index contributed by atoms with van der Waals surface area (Å²) in [5.74, 6) is -0.0731. The highest BCUT2D eigenvalue weighted by atomic mass is 19.2. The molecular weight excluding hydrogens is 239 g/mol. The topological polar surface area (TPSA) is 38.4 Å². The van der Waals surface area contributed by atoms with Crippen molar-refractivity contribution < 1.29 is 4.48 Å². The fourth-order valence-electron chi connectivity index (χ4n) is 2.74. The average molecular weight is 254 g/mol. The lowest BCUT2D eigenvalue weighted by atomic mass is 9.96. The Morgan fingerprint density at radius 1 is 1.05 bits per heavy atom. The van der Waals surface area contributed by atoms with Crippen LogP contribution in [0.4, 0.5) is 4.48 Å². The van der Waals surface area contributed by atoms with Gasteiger partial charge in [0.05, 0.1) is 0 Å². The molecule has 0 atom stereocenters. The van der Waals surface area contributed by atoms with Gasteiger partial charge in [-0.15, -0.1) is 0 Å². The summed E-state index contributed by atoms with van der Waals surface area (Å²) in [5.41, 5.74) is 11.1. The van der Waals surface area contributed by atoms with Crippen molar-refractivity contribution in [2.75, 3.05) is 0 Å². The van der Waals surface area contributed by atoms with Crippen molar-refractivity contribution in [3.05, 3.63) is 59.2 Å². The van der Waals surface area contributed by atoms with E-state index in [9.17, 15) is 4.48 Å². The fourth-order valence-corrected chi connectivity index (χ4v) is 2.74. The van der Waals surface area contributed by atoms with Crippen LogP contribution in [0, 0.1) is 0 Å². The minimum Gasteiger partial charge on any atom is -0.381 e. The monoisotopic (exact) mass is 254 g/mol. The Morgan fingerprint density at radius 3 is 2.68 bits per heavy atom. The Morgan fingerprint density at radius 2 is 1.84 bits per heavy atom. The molecule has 0 aromatic heterocycles. The second kappa shape index (κ2) is 4.84. The van der Waals surface area contributed by atoms with Crippen molar-refractivity contribution >= 4 is 5.84 Å². The number of aryl methyl sites for hydroxylation is 2. The van der Waals surface area contributed by atoms with E-state index < -0.39 is 0 Å². The highest BCUT2D eigenvalue weighted by Gasteiger charge is 2.13. The van der Waals surface area contributed by atoms with E-state index in [0.717, 1.165) is 24.0 Å². The summed E-state index contributed by atoms with van der Waals surface area (Å²) >= 11 is 0. The molecule has 0 unspecified atom stereocenters. The molecule has 0 aliphatic heterocycles. The van der Waals surface area contributed by atoms with Crippen LogP contribution in [0.25, 0.3) is 11.1 Å². The number of nitrogens with two attached hydrogens (primary N) is 1. The first kappa shape index (κ1) is 11.9. The van der Waals surface area contributed by atoms with Gasteiger partial charge < -0.3 is 5.73 Å². The molecule has 2 aromatic rings. The Balaban J connectivity index is 2.12. The van der Waals surface area contributed by atoms with Gasteiger partial charge in [0.15, 0.2) is 5.84 Å². The highest BCUT2D eigenvalue weighted by Crippen LogP contribution is 2.29. The predicted molar refractivity (Wildman–Crippen MR) is 75.7 cm³/mol. The predicted octanol–water partition coefficient (Wildman–Crippen LogP) is 3.43. The molecule has 0 spiro atoms. The zero-order chi connectivity index (χ0) is 13.2. The maximum atomic E-state index is 12.5. The van der Waals surface area contributed by atoms with Gasteiger partial charge in [-0.2, -0.15) is 0 Å². The number of halogens is 1. The molecule has 2 N–H and O–H groups in total. The van der Waals surface area contributed by atoms with Crippen LogP contribution in [0.5, 0.6) is 0 Å². The number of hydrogen-bond donors (Lipinski definition) is 1. The highest BCUT2D eigenvalue weighted by molar-refractivity contribution is 6.03. The Labute approximate surface area is 111 Å². The number of fused-ring (bicyclic) bond motifs is 1. The van der Waals surface area contributed by atoms with Crippen LogP contribution >= 0.6 is 0 Å². The van der Waals surface area contributed by atoms with Gasteiger partial charge in [-0.25, -0.2) is 0 Å². The molecule has 0 saturated heterocycles. The number of benzene rings is 2. The molecule has 0 radical (unpaired) electrons. The van der Waals surface area contributed by atoms with Crippen LogP contribution < -0.4 is 5.73 Å². The maximum Gasteiger partial charge on any atom is 0.164 e. The maximum absolute atomic E-state index is 12.5. The first-order chi connectivity index (χ1) is 9.29. The van der Waals surface area contributed by atoms with Gasteiger partial charge in [-0.3, -0.25) is 0 Å². The van der Waals surface area contributed by atoms with Gasteiger partial charge in [0.25, 0.3) is 0 Å². The van der Waals surface area contributed by atoms with E-state index in [-0.39, 0.29) is 5.84 Å². The van der Waals surface area contributed by atoms with Crippen LogP contribution in [0.3, 0.4) is 0 Å². The van der Waals surface area contributed by atoms with Gasteiger partial charge in [0.1, 0.15) is 0 Å². The van der Waals surface area contributed by atoms with Crippen LogP contribution in [0.1, 0.15) is 23.1 Å². The second-order valence-electron chi connectivity index (χ2n) is 4.85. The van der Waals surface area contributed by atoms with E-state index in [1.165, 1.54) is 17.5 Å². The molecule has 0 amide bonds. The van der Waals surface area contributed by atoms with Crippen molar-refractivity contribution in [1.82, 2.24) is 0 Å². The summed E-state index contributed by atoms with van der Waals surface area (Å²) in [5, 5.41) is 2.61. The smallest absolute Gasteiger partial charge is 0.164 e. The van der Waals surface area contributed by atoms with E-state index in [4.69, 9.17) is 5.73 Å². The molecule has 0 fully saturated rings. The molecular formula is C16H15FN2. The minimum absolute atomic E-state index is 0.0731. The van der Waals surface area contributed by atoms with Gasteiger partial charge in [-0.05, 0) is 41.5 Å². The van der Waals surface area contributed by atoms with Gasteiger partial charge >= 0.3 is 0 Å². The standard InChI is InChI=1S/C16H15FN2/c17-19-16(18)15-7-2-1-6-14(15)13-9-8-11-4-3-5-12(11)10-13/h1-2,6-10H,3-5H2,(H2,18,19). The molecule has 3 heteroatoms. The van der Waals surface area contributed by atoms with Gasteiger partial charge in [-0.1, -0.05) is 52.2 Å². The molecule has 19 heavy (non-hydrogen) atoms. The quantitative estimate of drug-likeness (QED) is 0.647. The van der Waals surface area contributed by atoms with Crippen LogP contribution in [0.15, 0.2) is 47.7 Å². The lowest BCUT2D eigenvalue weighted by Gasteiger charge is -2.10. The number of hydrogen-bond acceptors (Lipinski definition) is 1. The third kappa shape index (κ3) is 2.12. The summed E-state index contributed by atoms with van der Waals surface area (Å²) in [7, 11) is 0.